The van der Waals surface area contributed by atoms with Crippen LogP contribution in [0.4, 0.5) is 11.4 Å². The van der Waals surface area contributed by atoms with E-state index in [1.807, 2.05) is 37.3 Å². The van der Waals surface area contributed by atoms with Crippen molar-refractivity contribution in [2.75, 3.05) is 16.8 Å². The summed E-state index contributed by atoms with van der Waals surface area (Å²) in [6, 6.07) is 19.6. The highest BCUT2D eigenvalue weighted by Crippen LogP contribution is 2.69. The fourth-order valence-electron chi connectivity index (χ4n) is 8.17. The number of thiazole rings is 1. The van der Waals surface area contributed by atoms with Gasteiger partial charge in [-0.05, 0) is 91.3 Å². The summed E-state index contributed by atoms with van der Waals surface area (Å²) in [7, 11) is 0. The van der Waals surface area contributed by atoms with E-state index < -0.39 is 11.8 Å². The minimum Gasteiger partial charge on any atom is -0.483 e. The fraction of sp³-hybridized carbons (Fsp3) is 0.294. The number of aryl methyl sites for hydroxylation is 1. The van der Waals surface area contributed by atoms with Crippen molar-refractivity contribution in [3.8, 4) is 5.75 Å². The summed E-state index contributed by atoms with van der Waals surface area (Å²) in [5, 5.41) is 4.67. The first-order valence-corrected chi connectivity index (χ1v) is 17.4. The van der Waals surface area contributed by atoms with Crippen LogP contribution >= 0.6 is 46.3 Å². The second-order valence-electron chi connectivity index (χ2n) is 12.3. The lowest BCUT2D eigenvalue weighted by Crippen LogP contribution is -2.42. The normalized spacial score (nSPS) is 27.4. The third-order valence-corrected chi connectivity index (χ3v) is 12.9. The van der Waals surface area contributed by atoms with Crippen molar-refractivity contribution in [2.24, 2.45) is 29.6 Å². The van der Waals surface area contributed by atoms with Crippen molar-refractivity contribution in [3.63, 3.8) is 0 Å². The molecule has 0 unspecified atom stereocenters. The Balaban J connectivity index is 1.14. The van der Waals surface area contributed by atoms with Gasteiger partial charge in [0.1, 0.15) is 5.75 Å². The van der Waals surface area contributed by atoms with E-state index in [9.17, 15) is 19.2 Å². The van der Waals surface area contributed by atoms with E-state index in [0.717, 1.165) is 38.8 Å². The van der Waals surface area contributed by atoms with Crippen LogP contribution in [0.3, 0.4) is 0 Å². The van der Waals surface area contributed by atoms with Gasteiger partial charge in [0, 0.05) is 37.3 Å². The second-order valence-corrected chi connectivity index (χ2v) is 15.4. The van der Waals surface area contributed by atoms with Crippen LogP contribution in [-0.2, 0) is 14.4 Å². The highest BCUT2D eigenvalue weighted by molar-refractivity contribution is 8.00. The zero-order valence-electron chi connectivity index (χ0n) is 24.4. The number of carbonyl (C=O) groups is 3. The molecule has 8 rings (SSSR count). The number of carbonyl (C=O) groups excluding carboxylic acids is 3. The second kappa shape index (κ2) is 11.3. The number of benzene rings is 3. The first kappa shape index (κ1) is 29.8. The van der Waals surface area contributed by atoms with Crippen molar-refractivity contribution in [2.45, 2.75) is 29.5 Å². The lowest BCUT2D eigenvalue weighted by Gasteiger charge is -2.43. The Morgan fingerprint density at radius 1 is 0.978 bits per heavy atom. The number of ether oxygens (including phenoxy) is 1. The number of aromatic nitrogens is 1. The van der Waals surface area contributed by atoms with Gasteiger partial charge in [-0.1, -0.05) is 46.7 Å². The molecule has 4 aromatic rings. The van der Waals surface area contributed by atoms with Gasteiger partial charge in [-0.3, -0.25) is 24.1 Å². The number of thioether (sulfide) groups is 1. The molecule has 46 heavy (non-hydrogen) atoms. The minimum atomic E-state index is -0.460. The summed E-state index contributed by atoms with van der Waals surface area (Å²) in [5.74, 6) is -1.56. The molecule has 3 aromatic carbocycles. The lowest BCUT2D eigenvalue weighted by molar-refractivity contribution is -0.123. The molecule has 0 spiro atoms. The summed E-state index contributed by atoms with van der Waals surface area (Å²) in [5.41, 5.74) is 2.99. The summed E-state index contributed by atoms with van der Waals surface area (Å²) in [4.78, 5) is 58.6. The SMILES string of the molecule is Cc1cccc(NC(=O)COc2ccc(Cl)cc2[C@@H]2c3sc(=O)[nH]c3S[C@@H]3[C@@H]4C[C@@H]([C@@H]5C(=O)N(c6ccc(Cl)cc6)C(=O)[C@@H]45)[C@H]23)c1. The van der Waals surface area contributed by atoms with Gasteiger partial charge in [-0.25, -0.2) is 0 Å². The molecule has 12 heteroatoms. The van der Waals surface area contributed by atoms with Gasteiger partial charge in [-0.15, -0.1) is 11.8 Å². The maximum absolute atomic E-state index is 14.0. The number of aromatic amines is 1. The molecule has 1 saturated heterocycles. The number of nitrogens with zero attached hydrogens (tertiary/aromatic N) is 1. The number of rotatable bonds is 6. The molecule has 3 amide bonds. The molecule has 3 heterocycles. The van der Waals surface area contributed by atoms with Gasteiger partial charge in [-0.2, -0.15) is 0 Å². The van der Waals surface area contributed by atoms with Crippen LogP contribution in [0.5, 0.6) is 5.75 Å². The van der Waals surface area contributed by atoms with Crippen molar-refractivity contribution in [1.29, 1.82) is 0 Å². The summed E-state index contributed by atoms with van der Waals surface area (Å²) in [6.07, 6.45) is 0.745. The number of imide groups is 1. The Bertz CT molecular complexity index is 1980. The molecule has 3 fully saturated rings. The third kappa shape index (κ3) is 4.80. The van der Waals surface area contributed by atoms with Crippen LogP contribution in [0.2, 0.25) is 10.0 Å². The zero-order valence-corrected chi connectivity index (χ0v) is 27.5. The van der Waals surface area contributed by atoms with Crippen LogP contribution in [0.25, 0.3) is 0 Å². The summed E-state index contributed by atoms with van der Waals surface area (Å²) in [6.45, 7) is 1.72. The number of halogens is 2. The first-order valence-electron chi connectivity index (χ1n) is 15.0. The number of nitrogens with one attached hydrogen (secondary N) is 2. The number of anilines is 2. The molecule has 0 radical (unpaired) electrons. The predicted molar refractivity (Wildman–Crippen MR) is 179 cm³/mol. The molecular formula is C34H27Cl2N3O5S2. The van der Waals surface area contributed by atoms with Gasteiger partial charge >= 0.3 is 4.87 Å². The Kier molecular flexibility index (Phi) is 7.32. The summed E-state index contributed by atoms with van der Waals surface area (Å²) >= 11 is 15.4. The van der Waals surface area contributed by atoms with Gasteiger partial charge < -0.3 is 15.0 Å². The quantitative estimate of drug-likeness (QED) is 0.217. The maximum Gasteiger partial charge on any atom is 0.305 e. The molecule has 2 aliphatic heterocycles. The van der Waals surface area contributed by atoms with Crippen LogP contribution in [0, 0.1) is 36.5 Å². The van der Waals surface area contributed by atoms with Crippen molar-refractivity contribution in [1.82, 2.24) is 4.98 Å². The average molecular weight is 693 g/mol. The fourth-order valence-corrected chi connectivity index (χ4v) is 11.4. The number of fused-ring (bicyclic) bond motifs is 9. The molecule has 2 bridgehead atoms. The van der Waals surface area contributed by atoms with Gasteiger partial charge in [0.15, 0.2) is 6.61 Å². The standard InChI is InChI=1S/C34H27Cl2N3O5S2/c1-15-3-2-4-18(11-15)37-24(40)14-44-23-10-7-17(36)12-20(23)25-26-21-13-22(29(26)45-31-30(25)46-34(43)38-31)28-27(21)32(41)39(33(28)42)19-8-5-16(35)6-9-19/h2-12,21-22,25-29H,13-14H2,1H3,(H,37,40)(H,38,43)/t21-,22-,25+,26-,27+,28+,29-/m1/s1. The molecule has 234 valence electrons. The lowest BCUT2D eigenvalue weighted by atomic mass is 9.68. The maximum atomic E-state index is 14.0. The van der Waals surface area contributed by atoms with E-state index in [-0.39, 0.29) is 58.1 Å². The predicted octanol–water partition coefficient (Wildman–Crippen LogP) is 6.75. The molecule has 2 saturated carbocycles. The van der Waals surface area contributed by atoms with Crippen LogP contribution in [0.15, 0.2) is 76.6 Å². The Hall–Kier alpha value is -3.57. The highest BCUT2D eigenvalue weighted by atomic mass is 35.5. The number of hydrogen-bond acceptors (Lipinski definition) is 7. The monoisotopic (exact) mass is 691 g/mol. The van der Waals surface area contributed by atoms with Crippen LogP contribution in [-0.4, -0.2) is 34.6 Å². The van der Waals surface area contributed by atoms with Crippen LogP contribution < -0.4 is 19.8 Å². The topological polar surface area (TPSA) is 109 Å². The molecule has 2 N–H and O–H groups in total. The van der Waals surface area contributed by atoms with E-state index in [2.05, 4.69) is 10.3 Å². The Labute approximate surface area is 282 Å². The molecule has 1 aromatic heterocycles. The van der Waals surface area contributed by atoms with E-state index in [0.29, 0.717) is 27.2 Å². The average Bonchev–Trinajstić information content (AvgIpc) is 3.76. The van der Waals surface area contributed by atoms with Crippen LogP contribution in [0.1, 0.15) is 28.3 Å². The first-order chi connectivity index (χ1) is 22.2. The van der Waals surface area contributed by atoms with Crippen molar-refractivity contribution < 1.29 is 19.1 Å². The molecule has 4 aliphatic rings. The van der Waals surface area contributed by atoms with E-state index in [1.54, 1.807) is 48.2 Å². The van der Waals surface area contributed by atoms with E-state index in [1.165, 1.54) is 4.90 Å². The zero-order chi connectivity index (χ0) is 31.9. The van der Waals surface area contributed by atoms with Crippen molar-refractivity contribution in [3.05, 3.63) is 102 Å². The molecular weight excluding hydrogens is 665 g/mol. The Morgan fingerprint density at radius 3 is 2.48 bits per heavy atom. The number of amides is 3. The minimum absolute atomic E-state index is 0.00707. The van der Waals surface area contributed by atoms with E-state index >= 15 is 0 Å². The summed E-state index contributed by atoms with van der Waals surface area (Å²) < 4.78 is 6.17. The number of H-pyrrole nitrogens is 1. The Morgan fingerprint density at radius 2 is 1.72 bits per heavy atom. The van der Waals surface area contributed by atoms with E-state index in [4.69, 9.17) is 27.9 Å². The smallest absolute Gasteiger partial charge is 0.305 e. The largest absolute Gasteiger partial charge is 0.483 e. The highest BCUT2D eigenvalue weighted by Gasteiger charge is 2.69. The molecule has 2 aliphatic carbocycles. The van der Waals surface area contributed by atoms with Gasteiger partial charge in [0.05, 0.1) is 22.5 Å². The van der Waals surface area contributed by atoms with Crippen molar-refractivity contribution >= 4 is 75.4 Å². The molecule has 7 atom stereocenters. The van der Waals surface area contributed by atoms with Gasteiger partial charge in [0.25, 0.3) is 5.91 Å². The molecule has 8 nitrogen and oxygen atoms in total. The third-order valence-electron chi connectivity index (χ3n) is 9.78. The number of hydrogen-bond donors (Lipinski definition) is 2. The van der Waals surface area contributed by atoms with Gasteiger partial charge in [0.2, 0.25) is 11.8 Å².